The topological polar surface area (TPSA) is 35.5 Å². The second-order valence-electron chi connectivity index (χ2n) is 9.72. The molecule has 0 aromatic heterocycles. The fraction of sp³-hybridized carbons (Fsp3) is 0.759. The fourth-order valence-electron chi connectivity index (χ4n) is 5.05. The smallest absolute Gasteiger partial charge is 0.338 e. The molecule has 0 heterocycles. The van der Waals surface area contributed by atoms with Gasteiger partial charge in [0.25, 0.3) is 0 Å². The van der Waals surface area contributed by atoms with E-state index >= 15 is 0 Å². The molecule has 0 spiro atoms. The molecule has 2 rings (SSSR count). The number of hydrogen-bond acceptors (Lipinski definition) is 3. The molecular weight excluding hydrogens is 396 g/mol. The summed E-state index contributed by atoms with van der Waals surface area (Å²) < 4.78 is 11.4. The number of hydrogen-bond donors (Lipinski definition) is 0. The molecule has 1 aromatic carbocycles. The molecule has 0 aliphatic heterocycles. The van der Waals surface area contributed by atoms with Gasteiger partial charge in [-0.2, -0.15) is 0 Å². The molecule has 0 amide bonds. The Labute approximate surface area is 197 Å². The van der Waals surface area contributed by atoms with E-state index in [4.69, 9.17) is 9.47 Å². The van der Waals surface area contributed by atoms with E-state index in [2.05, 4.69) is 13.8 Å². The first-order valence-corrected chi connectivity index (χ1v) is 13.6. The third kappa shape index (κ3) is 10.9. The lowest BCUT2D eigenvalue weighted by molar-refractivity contribution is 0.0497. The molecule has 1 aliphatic rings. The summed E-state index contributed by atoms with van der Waals surface area (Å²) in [5.41, 5.74) is 0.612. The first-order valence-electron chi connectivity index (χ1n) is 13.6. The maximum absolute atomic E-state index is 12.2. The number of unbranched alkanes of at least 4 members (excludes halogenated alkanes) is 7. The second-order valence-corrected chi connectivity index (χ2v) is 9.72. The molecule has 1 fully saturated rings. The Morgan fingerprint density at radius 3 is 2.03 bits per heavy atom. The zero-order valence-corrected chi connectivity index (χ0v) is 20.9. The Balaban J connectivity index is 1.60. The van der Waals surface area contributed by atoms with Crippen LogP contribution in [0.15, 0.2) is 24.3 Å². The van der Waals surface area contributed by atoms with Crippen LogP contribution in [-0.4, -0.2) is 19.2 Å². The van der Waals surface area contributed by atoms with Gasteiger partial charge < -0.3 is 9.47 Å². The van der Waals surface area contributed by atoms with E-state index in [1.807, 2.05) is 24.3 Å². The van der Waals surface area contributed by atoms with Gasteiger partial charge in [0.2, 0.25) is 0 Å². The molecule has 2 unspecified atom stereocenters. The maximum Gasteiger partial charge on any atom is 0.338 e. The van der Waals surface area contributed by atoms with Crippen molar-refractivity contribution in [3.05, 3.63) is 29.8 Å². The van der Waals surface area contributed by atoms with E-state index in [1.165, 1.54) is 83.5 Å². The summed E-state index contributed by atoms with van der Waals surface area (Å²) >= 11 is 0. The van der Waals surface area contributed by atoms with E-state index in [1.54, 1.807) is 0 Å². The van der Waals surface area contributed by atoms with Crippen molar-refractivity contribution >= 4 is 5.97 Å². The molecule has 0 radical (unpaired) electrons. The van der Waals surface area contributed by atoms with Crippen LogP contribution in [0.4, 0.5) is 0 Å². The number of carbonyl (C=O) groups excluding carboxylic acids is 1. The summed E-state index contributed by atoms with van der Waals surface area (Å²) in [7, 11) is 0. The number of benzene rings is 1. The molecule has 3 nitrogen and oxygen atoms in total. The summed E-state index contributed by atoms with van der Waals surface area (Å²) in [5, 5.41) is 0. The van der Waals surface area contributed by atoms with Gasteiger partial charge in [-0.25, -0.2) is 4.79 Å². The van der Waals surface area contributed by atoms with Gasteiger partial charge in [-0.3, -0.25) is 0 Å². The normalized spacial score (nSPS) is 18.4. The van der Waals surface area contributed by atoms with Crippen molar-refractivity contribution in [3.63, 3.8) is 0 Å². The highest BCUT2D eigenvalue weighted by Gasteiger charge is 2.24. The van der Waals surface area contributed by atoms with Crippen molar-refractivity contribution in [2.45, 2.75) is 117 Å². The number of carbonyl (C=O) groups is 1. The van der Waals surface area contributed by atoms with E-state index in [0.29, 0.717) is 12.2 Å². The monoisotopic (exact) mass is 444 g/mol. The average molecular weight is 445 g/mol. The zero-order chi connectivity index (χ0) is 22.9. The Hall–Kier alpha value is -1.51. The first kappa shape index (κ1) is 26.7. The van der Waals surface area contributed by atoms with E-state index < -0.39 is 0 Å². The molecule has 2 atom stereocenters. The molecule has 32 heavy (non-hydrogen) atoms. The molecule has 182 valence electrons. The molecule has 0 bridgehead atoms. The minimum atomic E-state index is -0.225. The lowest BCUT2D eigenvalue weighted by Crippen LogP contribution is -2.20. The summed E-state index contributed by atoms with van der Waals surface area (Å²) in [6.45, 7) is 5.80. The van der Waals surface area contributed by atoms with Crippen molar-refractivity contribution in [2.24, 2.45) is 11.8 Å². The number of rotatable bonds is 17. The molecule has 0 saturated heterocycles. The van der Waals surface area contributed by atoms with Gasteiger partial charge in [-0.15, -0.1) is 0 Å². The highest BCUT2D eigenvalue weighted by atomic mass is 16.5. The third-order valence-corrected chi connectivity index (χ3v) is 7.05. The van der Waals surface area contributed by atoms with Crippen molar-refractivity contribution in [1.29, 1.82) is 0 Å². The summed E-state index contributed by atoms with van der Waals surface area (Å²) in [4.78, 5) is 12.2. The second kappa shape index (κ2) is 17.0. The largest absolute Gasteiger partial charge is 0.494 e. The average Bonchev–Trinajstić information content (AvgIpc) is 2.82. The molecule has 1 saturated carbocycles. The lowest BCUT2D eigenvalue weighted by Gasteiger charge is -2.31. The van der Waals surface area contributed by atoms with Gasteiger partial charge in [-0.1, -0.05) is 97.3 Å². The molecular formula is C29H48O3. The number of esters is 1. The third-order valence-electron chi connectivity index (χ3n) is 7.05. The Morgan fingerprint density at radius 1 is 0.750 bits per heavy atom. The van der Waals surface area contributed by atoms with Crippen molar-refractivity contribution in [1.82, 2.24) is 0 Å². The highest BCUT2D eigenvalue weighted by molar-refractivity contribution is 5.89. The summed E-state index contributed by atoms with van der Waals surface area (Å²) in [5.74, 6) is 2.46. The van der Waals surface area contributed by atoms with Crippen molar-refractivity contribution in [2.75, 3.05) is 13.2 Å². The van der Waals surface area contributed by atoms with Crippen molar-refractivity contribution < 1.29 is 14.3 Å². The van der Waals surface area contributed by atoms with Gasteiger partial charge in [0.15, 0.2) is 0 Å². The zero-order valence-electron chi connectivity index (χ0n) is 20.9. The Kier molecular flexibility index (Phi) is 14.2. The van der Waals surface area contributed by atoms with Gasteiger partial charge in [0, 0.05) is 0 Å². The molecule has 0 N–H and O–H groups in total. The summed E-state index contributed by atoms with van der Waals surface area (Å²) in [6.07, 6.45) is 20.8. The van der Waals surface area contributed by atoms with Gasteiger partial charge in [0.05, 0.1) is 18.8 Å². The van der Waals surface area contributed by atoms with Gasteiger partial charge in [-0.05, 0) is 55.4 Å². The Bertz CT molecular complexity index is 595. The predicted octanol–water partition coefficient (Wildman–Crippen LogP) is 8.75. The van der Waals surface area contributed by atoms with E-state index in [-0.39, 0.29) is 5.97 Å². The van der Waals surface area contributed by atoms with Gasteiger partial charge in [0.1, 0.15) is 5.75 Å². The number of ether oxygens (including phenoxy) is 2. The minimum absolute atomic E-state index is 0.225. The van der Waals surface area contributed by atoms with Crippen LogP contribution in [-0.2, 0) is 4.74 Å². The highest BCUT2D eigenvalue weighted by Crippen LogP contribution is 2.36. The van der Waals surface area contributed by atoms with Crippen LogP contribution in [0.5, 0.6) is 5.75 Å². The van der Waals surface area contributed by atoms with Crippen LogP contribution >= 0.6 is 0 Å². The molecule has 3 heteroatoms. The summed E-state index contributed by atoms with van der Waals surface area (Å²) in [6, 6.07) is 7.44. The Morgan fingerprint density at radius 2 is 1.34 bits per heavy atom. The SMILES string of the molecule is CCCCCCCCOC(=O)c1ccc(OCCCC2CCCCC2CCCCC)cc1. The van der Waals surface area contributed by atoms with Gasteiger partial charge >= 0.3 is 5.97 Å². The molecule has 1 aliphatic carbocycles. The predicted molar refractivity (Wildman–Crippen MR) is 134 cm³/mol. The standard InChI is InChI=1S/C29H48O3/c1-3-5-7-8-9-13-23-32-29(30)27-19-21-28(22-20-27)31-24-14-18-26-17-12-11-16-25(26)15-10-6-4-2/h19-22,25-26H,3-18,23-24H2,1-2H3. The maximum atomic E-state index is 12.2. The first-order chi connectivity index (χ1) is 15.7. The van der Waals surface area contributed by atoms with E-state index in [0.717, 1.165) is 43.5 Å². The quantitative estimate of drug-likeness (QED) is 0.178. The van der Waals surface area contributed by atoms with Crippen LogP contribution < -0.4 is 4.74 Å². The van der Waals surface area contributed by atoms with Crippen molar-refractivity contribution in [3.8, 4) is 5.75 Å². The van der Waals surface area contributed by atoms with Crippen LogP contribution in [0.2, 0.25) is 0 Å². The van der Waals surface area contributed by atoms with Crippen LogP contribution in [0.25, 0.3) is 0 Å². The minimum Gasteiger partial charge on any atom is -0.494 e. The fourth-order valence-corrected chi connectivity index (χ4v) is 5.05. The molecule has 1 aromatic rings. The van der Waals surface area contributed by atoms with Crippen LogP contribution in [0.1, 0.15) is 127 Å². The van der Waals surface area contributed by atoms with Crippen LogP contribution in [0, 0.1) is 11.8 Å². The lowest BCUT2D eigenvalue weighted by atomic mass is 9.74. The van der Waals surface area contributed by atoms with E-state index in [9.17, 15) is 4.79 Å². The van der Waals surface area contributed by atoms with Crippen LogP contribution in [0.3, 0.4) is 0 Å².